The maximum absolute atomic E-state index is 14.3. The van der Waals surface area contributed by atoms with Crippen LogP contribution in [0.15, 0.2) is 47.7 Å². The van der Waals surface area contributed by atoms with E-state index in [1.807, 2.05) is 0 Å². The highest BCUT2D eigenvalue weighted by Gasteiger charge is 2.36. The molecule has 1 unspecified atom stereocenters. The Morgan fingerprint density at radius 2 is 1.85 bits per heavy atom. The molecule has 1 aliphatic rings. The molecule has 10 heteroatoms. The zero-order valence-electron chi connectivity index (χ0n) is 18.8. The number of hydrogen-bond donors (Lipinski definition) is 1. The number of thiocarbonyl (C=S) groups is 1. The van der Waals surface area contributed by atoms with E-state index in [1.165, 1.54) is 30.2 Å². The van der Waals surface area contributed by atoms with E-state index < -0.39 is 18.5 Å². The summed E-state index contributed by atoms with van der Waals surface area (Å²) >= 11 is 5.57. The summed E-state index contributed by atoms with van der Waals surface area (Å²) in [6.07, 6.45) is 0. The normalized spacial score (nSPS) is 16.1. The van der Waals surface area contributed by atoms with Crippen LogP contribution in [-0.2, 0) is 4.79 Å². The summed E-state index contributed by atoms with van der Waals surface area (Å²) in [7, 11) is 4.56. The number of carbonyl (C=O) groups is 1. The number of nitrogens with zero attached hydrogens (tertiary/aromatic N) is 2. The molecule has 1 heterocycles. The van der Waals surface area contributed by atoms with Crippen LogP contribution < -0.4 is 19.7 Å². The average Bonchev–Trinajstić information content (AvgIpc) is 2.75. The number of benzene rings is 2. The number of alkyl halides is 2. The molecule has 1 amide bonds. The molecule has 33 heavy (non-hydrogen) atoms. The maximum Gasteiger partial charge on any atom is 0.387 e. The minimum absolute atomic E-state index is 0.0814. The first kappa shape index (κ1) is 24.4. The molecule has 176 valence electrons. The molecule has 1 atom stereocenters. The van der Waals surface area contributed by atoms with Crippen LogP contribution >= 0.6 is 12.2 Å². The quantitative estimate of drug-likeness (QED) is 0.614. The lowest BCUT2D eigenvalue weighted by Gasteiger charge is -2.38. The molecule has 6 nitrogen and oxygen atoms in total. The third-order valence-corrected chi connectivity index (χ3v) is 5.57. The van der Waals surface area contributed by atoms with Crippen LogP contribution in [0.3, 0.4) is 0 Å². The summed E-state index contributed by atoms with van der Waals surface area (Å²) in [6, 6.07) is 8.41. The van der Waals surface area contributed by atoms with Gasteiger partial charge in [0.15, 0.2) is 16.6 Å². The predicted molar refractivity (Wildman–Crippen MR) is 123 cm³/mol. The molecule has 0 radical (unpaired) electrons. The fourth-order valence-electron chi connectivity index (χ4n) is 3.60. The fraction of sp³-hybridized carbons (Fsp3) is 0.304. The number of amides is 1. The van der Waals surface area contributed by atoms with Crippen LogP contribution in [0.5, 0.6) is 11.5 Å². The summed E-state index contributed by atoms with van der Waals surface area (Å²) in [4.78, 5) is 16.2. The van der Waals surface area contributed by atoms with Gasteiger partial charge >= 0.3 is 6.61 Å². The van der Waals surface area contributed by atoms with Gasteiger partial charge in [-0.05, 0) is 61.5 Å². The van der Waals surface area contributed by atoms with Crippen molar-refractivity contribution in [3.63, 3.8) is 0 Å². The van der Waals surface area contributed by atoms with Crippen molar-refractivity contribution in [2.75, 3.05) is 26.1 Å². The number of allylic oxidation sites excluding steroid dienone is 1. The lowest BCUT2D eigenvalue weighted by atomic mass is 9.93. The summed E-state index contributed by atoms with van der Waals surface area (Å²) < 4.78 is 49.4. The molecule has 2 aromatic carbocycles. The predicted octanol–water partition coefficient (Wildman–Crippen LogP) is 4.54. The monoisotopic (exact) mass is 479 g/mol. The van der Waals surface area contributed by atoms with Crippen molar-refractivity contribution in [1.29, 1.82) is 0 Å². The summed E-state index contributed by atoms with van der Waals surface area (Å²) in [6.45, 7) is 0.363. The van der Waals surface area contributed by atoms with Crippen LogP contribution in [0.2, 0.25) is 0 Å². The van der Waals surface area contributed by atoms with Crippen molar-refractivity contribution in [2.24, 2.45) is 0 Å². The minimum Gasteiger partial charge on any atom is -0.493 e. The third kappa shape index (κ3) is 4.90. The highest BCUT2D eigenvalue weighted by molar-refractivity contribution is 7.80. The number of carbonyl (C=O) groups excluding carboxylic acids is 1. The topological polar surface area (TPSA) is 54.0 Å². The Bertz CT molecular complexity index is 1120. The Labute approximate surface area is 195 Å². The lowest BCUT2D eigenvalue weighted by Crippen LogP contribution is -2.49. The largest absolute Gasteiger partial charge is 0.493 e. The second kappa shape index (κ2) is 9.70. The van der Waals surface area contributed by atoms with E-state index in [4.69, 9.17) is 17.0 Å². The fourth-order valence-corrected chi connectivity index (χ4v) is 3.96. The van der Waals surface area contributed by atoms with Crippen molar-refractivity contribution in [1.82, 2.24) is 10.2 Å². The van der Waals surface area contributed by atoms with E-state index in [1.54, 1.807) is 51.0 Å². The standard InChI is InChI=1S/C23H24F3N3O3S/c1-12-6-8-15(11-16(12)24)29-13(2)19(21(30)28(3)4)20(27-23(29)33)14-7-9-17(32-22(25)26)18(10-14)31-5/h6-11,20,22H,1-5H3,(H,27,33). The van der Waals surface area contributed by atoms with Gasteiger partial charge in [-0.25, -0.2) is 4.39 Å². The Kier molecular flexibility index (Phi) is 7.16. The molecule has 0 aliphatic carbocycles. The molecule has 2 aromatic rings. The lowest BCUT2D eigenvalue weighted by molar-refractivity contribution is -0.125. The van der Waals surface area contributed by atoms with Gasteiger partial charge < -0.3 is 19.7 Å². The number of methoxy groups -OCH3 is 1. The van der Waals surface area contributed by atoms with Crippen LogP contribution in [0, 0.1) is 12.7 Å². The van der Waals surface area contributed by atoms with Crippen molar-refractivity contribution in [3.8, 4) is 11.5 Å². The van der Waals surface area contributed by atoms with E-state index in [0.29, 0.717) is 28.1 Å². The molecular formula is C23H24F3N3O3S. The molecule has 0 saturated heterocycles. The zero-order valence-corrected chi connectivity index (χ0v) is 19.6. The van der Waals surface area contributed by atoms with E-state index in [-0.39, 0.29) is 22.5 Å². The smallest absolute Gasteiger partial charge is 0.387 e. The Balaban J connectivity index is 2.14. The average molecular weight is 480 g/mol. The first-order valence-electron chi connectivity index (χ1n) is 9.97. The number of ether oxygens (including phenoxy) is 2. The van der Waals surface area contributed by atoms with Crippen LogP contribution in [0.4, 0.5) is 18.9 Å². The number of likely N-dealkylation sites (N-methyl/N-ethyl adjacent to an activating group) is 1. The van der Waals surface area contributed by atoms with Gasteiger partial charge in [0.25, 0.3) is 5.91 Å². The Morgan fingerprint density at radius 1 is 1.15 bits per heavy atom. The van der Waals surface area contributed by atoms with Crippen LogP contribution in [-0.4, -0.2) is 43.7 Å². The van der Waals surface area contributed by atoms with Gasteiger partial charge in [-0.2, -0.15) is 8.78 Å². The summed E-state index contributed by atoms with van der Waals surface area (Å²) in [5.74, 6) is -0.743. The molecule has 0 fully saturated rings. The van der Waals surface area contributed by atoms with Gasteiger partial charge in [0.1, 0.15) is 5.82 Å². The van der Waals surface area contributed by atoms with Crippen molar-refractivity contribution in [3.05, 3.63) is 64.6 Å². The Morgan fingerprint density at radius 3 is 2.42 bits per heavy atom. The van der Waals surface area contributed by atoms with E-state index in [9.17, 15) is 18.0 Å². The van der Waals surface area contributed by atoms with Gasteiger partial charge in [0.2, 0.25) is 0 Å². The highest BCUT2D eigenvalue weighted by Crippen LogP contribution is 2.38. The molecule has 0 saturated carbocycles. The molecule has 0 bridgehead atoms. The number of aryl methyl sites for hydroxylation is 1. The SMILES string of the molecule is COc1cc(C2NC(=S)N(c3ccc(C)c(F)c3)C(C)=C2C(=O)N(C)C)ccc1OC(F)F. The van der Waals surface area contributed by atoms with Gasteiger partial charge in [-0.1, -0.05) is 12.1 Å². The number of rotatable bonds is 6. The van der Waals surface area contributed by atoms with Crippen LogP contribution in [0.25, 0.3) is 0 Å². The highest BCUT2D eigenvalue weighted by atomic mass is 32.1. The maximum atomic E-state index is 14.3. The molecule has 1 N–H and O–H groups in total. The third-order valence-electron chi connectivity index (χ3n) is 5.27. The van der Waals surface area contributed by atoms with Crippen LogP contribution in [0.1, 0.15) is 24.1 Å². The van der Waals surface area contributed by atoms with E-state index in [0.717, 1.165) is 0 Å². The molecular weight excluding hydrogens is 455 g/mol. The van der Waals surface area contributed by atoms with E-state index in [2.05, 4.69) is 10.1 Å². The number of nitrogens with one attached hydrogen (secondary N) is 1. The summed E-state index contributed by atoms with van der Waals surface area (Å²) in [5.41, 5.74) is 2.37. The number of hydrogen-bond acceptors (Lipinski definition) is 4. The van der Waals surface area contributed by atoms with Gasteiger partial charge in [-0.3, -0.25) is 9.69 Å². The second-order valence-electron chi connectivity index (χ2n) is 7.64. The Hall–Kier alpha value is -3.27. The number of halogens is 3. The first-order valence-corrected chi connectivity index (χ1v) is 10.4. The first-order chi connectivity index (χ1) is 15.5. The van der Waals surface area contributed by atoms with Crippen molar-refractivity contribution in [2.45, 2.75) is 26.5 Å². The molecule has 3 rings (SSSR count). The van der Waals surface area contributed by atoms with Crippen molar-refractivity contribution >= 4 is 28.9 Å². The minimum atomic E-state index is -3.01. The van der Waals surface area contributed by atoms with Gasteiger partial charge in [0.05, 0.1) is 24.4 Å². The molecule has 0 spiro atoms. The summed E-state index contributed by atoms with van der Waals surface area (Å²) in [5, 5.41) is 3.38. The van der Waals surface area contributed by atoms with Crippen molar-refractivity contribution < 1.29 is 27.4 Å². The van der Waals surface area contributed by atoms with Gasteiger partial charge in [0, 0.05) is 19.8 Å². The second-order valence-corrected chi connectivity index (χ2v) is 8.03. The van der Waals surface area contributed by atoms with Gasteiger partial charge in [-0.15, -0.1) is 0 Å². The number of anilines is 1. The zero-order chi connectivity index (χ0) is 24.4. The molecule has 0 aromatic heterocycles. The molecule has 1 aliphatic heterocycles. The van der Waals surface area contributed by atoms with E-state index >= 15 is 0 Å².